The molecule has 59 heavy (non-hydrogen) atoms. The normalized spacial score (nSPS) is 19.6. The molecule has 0 radical (unpaired) electrons. The molecule has 13 nitrogen and oxygen atoms in total. The molecule has 5 heterocycles. The van der Waals surface area contributed by atoms with Gasteiger partial charge in [-0.15, -0.1) is 11.8 Å². The highest BCUT2D eigenvalue weighted by atomic mass is 32.2. The Kier molecular flexibility index (Phi) is 12.4. The van der Waals surface area contributed by atoms with Crippen molar-refractivity contribution in [2.24, 2.45) is 11.7 Å². The van der Waals surface area contributed by atoms with Gasteiger partial charge in [0.15, 0.2) is 0 Å². The number of benzene rings is 3. The van der Waals surface area contributed by atoms with Gasteiger partial charge in [-0.2, -0.15) is 5.10 Å². The minimum Gasteiger partial charge on any atom is -0.457 e. The van der Waals surface area contributed by atoms with E-state index < -0.39 is 29.7 Å². The molecule has 2 fully saturated rings. The molecule has 2 saturated heterocycles. The lowest BCUT2D eigenvalue weighted by atomic mass is 9.86. The third kappa shape index (κ3) is 8.79. The molecule has 2 unspecified atom stereocenters. The molecule has 0 bridgehead atoms. The summed E-state index contributed by atoms with van der Waals surface area (Å²) in [5.74, 6) is 1.11. The molecule has 5 amide bonds. The first kappa shape index (κ1) is 40.3. The maximum atomic E-state index is 13.4. The van der Waals surface area contributed by atoms with Crippen LogP contribution in [-0.2, 0) is 9.59 Å². The monoisotopic (exact) mass is 817 g/mol. The van der Waals surface area contributed by atoms with Crippen molar-refractivity contribution in [2.45, 2.75) is 87.6 Å². The van der Waals surface area contributed by atoms with E-state index in [0.29, 0.717) is 34.1 Å². The summed E-state index contributed by atoms with van der Waals surface area (Å²) in [4.78, 5) is 67.7. The standard InChI is InChI=1S/C45H51N7O6S/c46-41(54)39-40(30-15-17-32(18-16-30)58-31-11-6-5-7-12-31)49-52-34(21-24-47-42(39)52)29-22-26-50(27-23-29)25-8-3-1-2-4-9-28-59-36-14-10-13-33-38(36)45(57)51(44(33)56)35-19-20-37(53)48-43(35)55/h5-7,10-18,29,34-35,47H,1-4,8-9,19-28H2,(H2,46,54)(H,48,53,55). The molecule has 8 rings (SSSR count). The van der Waals surface area contributed by atoms with E-state index in [1.165, 1.54) is 19.3 Å². The third-order valence-electron chi connectivity index (χ3n) is 12.0. The number of carbonyl (C=O) groups is 5. The molecule has 4 aliphatic rings. The van der Waals surface area contributed by atoms with Crippen molar-refractivity contribution in [3.8, 4) is 22.8 Å². The number of anilines is 1. The Morgan fingerprint density at radius 2 is 1.54 bits per heavy atom. The number of ether oxygens (including phenoxy) is 1. The van der Waals surface area contributed by atoms with Gasteiger partial charge in [0.25, 0.3) is 17.7 Å². The minimum absolute atomic E-state index is 0.102. The van der Waals surface area contributed by atoms with Crippen molar-refractivity contribution in [3.63, 3.8) is 0 Å². The summed E-state index contributed by atoms with van der Waals surface area (Å²) in [6, 6.07) is 21.8. The molecule has 3 aromatic carbocycles. The summed E-state index contributed by atoms with van der Waals surface area (Å²) in [7, 11) is 0. The molecule has 0 aliphatic carbocycles. The van der Waals surface area contributed by atoms with Crippen molar-refractivity contribution in [1.82, 2.24) is 24.9 Å². The predicted molar refractivity (Wildman–Crippen MR) is 226 cm³/mol. The zero-order chi connectivity index (χ0) is 40.9. The van der Waals surface area contributed by atoms with E-state index in [1.54, 1.807) is 23.9 Å². The van der Waals surface area contributed by atoms with Gasteiger partial charge in [-0.1, -0.05) is 49.9 Å². The quantitative estimate of drug-likeness (QED) is 0.0606. The lowest BCUT2D eigenvalue weighted by Crippen LogP contribution is -2.54. The van der Waals surface area contributed by atoms with Crippen LogP contribution >= 0.6 is 11.8 Å². The second kappa shape index (κ2) is 18.2. The van der Waals surface area contributed by atoms with Crippen molar-refractivity contribution in [2.75, 3.05) is 37.2 Å². The maximum Gasteiger partial charge on any atom is 0.263 e. The summed E-state index contributed by atoms with van der Waals surface area (Å²) in [5, 5.41) is 10.7. The number of thioether (sulfide) groups is 1. The topological polar surface area (TPSA) is 169 Å². The number of amides is 5. The minimum atomic E-state index is -0.957. The number of rotatable bonds is 16. The Morgan fingerprint density at radius 1 is 0.814 bits per heavy atom. The van der Waals surface area contributed by atoms with Gasteiger partial charge in [-0.3, -0.25) is 34.2 Å². The van der Waals surface area contributed by atoms with E-state index in [0.717, 1.165) is 97.4 Å². The van der Waals surface area contributed by atoms with Crippen LogP contribution in [0.1, 0.15) is 108 Å². The molecule has 4 N–H and O–H groups in total. The first-order valence-electron chi connectivity index (χ1n) is 21.0. The summed E-state index contributed by atoms with van der Waals surface area (Å²) >= 11 is 1.58. The molecule has 0 saturated carbocycles. The average Bonchev–Trinajstić information content (AvgIpc) is 3.76. The molecular formula is C45H51N7O6S. The van der Waals surface area contributed by atoms with Gasteiger partial charge in [-0.25, -0.2) is 4.68 Å². The lowest BCUT2D eigenvalue weighted by Gasteiger charge is -2.38. The van der Waals surface area contributed by atoms with Crippen LogP contribution in [0, 0.1) is 5.92 Å². The van der Waals surface area contributed by atoms with Crippen LogP contribution in [0.15, 0.2) is 77.7 Å². The number of imide groups is 2. The van der Waals surface area contributed by atoms with E-state index in [4.69, 9.17) is 15.6 Å². The van der Waals surface area contributed by atoms with Crippen LogP contribution in [0.4, 0.5) is 5.82 Å². The van der Waals surface area contributed by atoms with Gasteiger partial charge >= 0.3 is 0 Å². The number of piperidine rings is 2. The van der Waals surface area contributed by atoms with Crippen LogP contribution < -0.4 is 21.1 Å². The number of hydrogen-bond acceptors (Lipinski definition) is 10. The average molecular weight is 818 g/mol. The Morgan fingerprint density at radius 3 is 2.29 bits per heavy atom. The summed E-state index contributed by atoms with van der Waals surface area (Å²) in [6.45, 7) is 4.00. The van der Waals surface area contributed by atoms with Gasteiger partial charge in [0.2, 0.25) is 11.8 Å². The number of carbonyl (C=O) groups excluding carboxylic acids is 5. The summed E-state index contributed by atoms with van der Waals surface area (Å²) < 4.78 is 8.01. The largest absolute Gasteiger partial charge is 0.457 e. The number of aromatic nitrogens is 2. The SMILES string of the molecule is NC(=O)c1c(-c2ccc(Oc3ccccc3)cc2)nn2c1NCCC2C1CCN(CCCCCCCCSc2cccc3c2C(=O)N(C2CCC(=O)NC2=O)C3=O)CC1. The van der Waals surface area contributed by atoms with Gasteiger partial charge in [0.05, 0.1) is 17.2 Å². The van der Waals surface area contributed by atoms with Crippen LogP contribution in [0.5, 0.6) is 11.5 Å². The smallest absolute Gasteiger partial charge is 0.263 e. The zero-order valence-corrected chi connectivity index (χ0v) is 34.0. The predicted octanol–water partition coefficient (Wildman–Crippen LogP) is 7.04. The Balaban J connectivity index is 0.754. The van der Waals surface area contributed by atoms with Gasteiger partial charge < -0.3 is 20.7 Å². The van der Waals surface area contributed by atoms with E-state index in [1.807, 2.05) is 65.3 Å². The first-order valence-corrected chi connectivity index (χ1v) is 21.9. The Bertz CT molecular complexity index is 2200. The molecule has 0 spiro atoms. The van der Waals surface area contributed by atoms with Crippen molar-refractivity contribution < 1.29 is 28.7 Å². The number of nitrogens with one attached hydrogen (secondary N) is 2. The second-order valence-corrected chi connectivity index (χ2v) is 17.0. The van der Waals surface area contributed by atoms with Gasteiger partial charge in [-0.05, 0) is 118 Å². The van der Waals surface area contributed by atoms with E-state index in [-0.39, 0.29) is 24.8 Å². The van der Waals surface area contributed by atoms with Crippen LogP contribution in [-0.4, -0.2) is 87.1 Å². The van der Waals surface area contributed by atoms with Crippen molar-refractivity contribution in [1.29, 1.82) is 0 Å². The van der Waals surface area contributed by atoms with E-state index >= 15 is 0 Å². The summed E-state index contributed by atoms with van der Waals surface area (Å²) in [6.07, 6.45) is 10.2. The molecule has 14 heteroatoms. The van der Waals surface area contributed by atoms with E-state index in [9.17, 15) is 24.0 Å². The highest BCUT2D eigenvalue weighted by Gasteiger charge is 2.45. The molecule has 4 aromatic rings. The number of likely N-dealkylation sites (tertiary alicyclic amines) is 1. The third-order valence-corrected chi connectivity index (χ3v) is 13.2. The summed E-state index contributed by atoms with van der Waals surface area (Å²) in [5.41, 5.74) is 8.53. The fraction of sp³-hybridized carbons (Fsp3) is 0.422. The van der Waals surface area contributed by atoms with Crippen LogP contribution in [0.2, 0.25) is 0 Å². The number of nitrogens with two attached hydrogens (primary N) is 1. The van der Waals surface area contributed by atoms with E-state index in [2.05, 4.69) is 15.5 Å². The number of para-hydroxylation sites is 1. The number of fused-ring (bicyclic) bond motifs is 2. The Labute approximate surface area is 348 Å². The highest BCUT2D eigenvalue weighted by Crippen LogP contribution is 2.41. The fourth-order valence-electron chi connectivity index (χ4n) is 8.97. The number of nitrogens with zero attached hydrogens (tertiary/aromatic N) is 4. The molecular weight excluding hydrogens is 767 g/mol. The molecule has 308 valence electrons. The fourth-order valence-corrected chi connectivity index (χ4v) is 10.1. The first-order chi connectivity index (χ1) is 28.8. The number of primary amides is 1. The number of hydrogen-bond donors (Lipinski definition) is 3. The van der Waals surface area contributed by atoms with Gasteiger partial charge in [0.1, 0.15) is 34.6 Å². The van der Waals surface area contributed by atoms with Crippen molar-refractivity contribution in [3.05, 3.63) is 89.5 Å². The van der Waals surface area contributed by atoms with Crippen LogP contribution in [0.3, 0.4) is 0 Å². The number of unbranched alkanes of at least 4 members (excludes halogenated alkanes) is 5. The molecule has 1 aromatic heterocycles. The maximum absolute atomic E-state index is 13.4. The lowest BCUT2D eigenvalue weighted by molar-refractivity contribution is -0.136. The highest BCUT2D eigenvalue weighted by molar-refractivity contribution is 7.99. The second-order valence-electron chi connectivity index (χ2n) is 15.9. The molecule has 4 aliphatic heterocycles. The zero-order valence-electron chi connectivity index (χ0n) is 33.2. The van der Waals surface area contributed by atoms with Crippen LogP contribution in [0.25, 0.3) is 11.3 Å². The van der Waals surface area contributed by atoms with Crippen molar-refractivity contribution >= 4 is 47.1 Å². The van der Waals surface area contributed by atoms with Gasteiger partial charge in [0, 0.05) is 23.4 Å². The Hall–Kier alpha value is -5.47. The molecule has 2 atom stereocenters.